The van der Waals surface area contributed by atoms with Crippen LogP contribution in [0.5, 0.6) is 0 Å². The quantitative estimate of drug-likeness (QED) is 0.194. The van der Waals surface area contributed by atoms with Gasteiger partial charge in [-0.2, -0.15) is 0 Å². The van der Waals surface area contributed by atoms with E-state index < -0.39 is 0 Å². The van der Waals surface area contributed by atoms with Crippen LogP contribution in [-0.2, 0) is 4.74 Å². The van der Waals surface area contributed by atoms with Gasteiger partial charge in [-0.1, -0.05) is 13.3 Å². The van der Waals surface area contributed by atoms with E-state index in [-0.39, 0.29) is 30.6 Å². The number of hydrogen-bond acceptors (Lipinski definition) is 3. The molecule has 1 aliphatic carbocycles. The van der Waals surface area contributed by atoms with Gasteiger partial charge in [0.25, 0.3) is 0 Å². The standard InChI is InChI=1S/C16H33N3O2.HI/c1-3-5-14(8-10-20)12-19-16(17-4-2)18-9-11-21-13-15-6-7-15;/h14-15,20H,3-13H2,1-2H3,(H2,17,18,19);1H. The molecule has 0 saturated heterocycles. The Morgan fingerprint density at radius 2 is 2.05 bits per heavy atom. The van der Waals surface area contributed by atoms with Gasteiger partial charge in [-0.05, 0) is 44.4 Å². The van der Waals surface area contributed by atoms with Crippen LogP contribution in [0.3, 0.4) is 0 Å². The highest BCUT2D eigenvalue weighted by Crippen LogP contribution is 2.28. The molecule has 0 amide bonds. The molecule has 5 nitrogen and oxygen atoms in total. The summed E-state index contributed by atoms with van der Waals surface area (Å²) in [7, 11) is 0. The van der Waals surface area contributed by atoms with Gasteiger partial charge >= 0.3 is 0 Å². The fraction of sp³-hybridized carbons (Fsp3) is 0.938. The Labute approximate surface area is 152 Å². The van der Waals surface area contributed by atoms with Crippen molar-refractivity contribution in [2.24, 2.45) is 16.8 Å². The monoisotopic (exact) mass is 427 g/mol. The van der Waals surface area contributed by atoms with Crippen molar-refractivity contribution in [1.29, 1.82) is 0 Å². The zero-order chi connectivity index (χ0) is 15.3. The maximum atomic E-state index is 9.09. The molecule has 0 spiro atoms. The summed E-state index contributed by atoms with van der Waals surface area (Å²) in [6, 6.07) is 0. The van der Waals surface area contributed by atoms with Gasteiger partial charge in [-0.25, -0.2) is 0 Å². The summed E-state index contributed by atoms with van der Waals surface area (Å²) in [5, 5.41) is 15.6. The Hall–Kier alpha value is -0.0800. The van der Waals surface area contributed by atoms with Gasteiger partial charge in [-0.15, -0.1) is 24.0 Å². The van der Waals surface area contributed by atoms with E-state index >= 15 is 0 Å². The molecule has 1 rings (SSSR count). The summed E-state index contributed by atoms with van der Waals surface area (Å²) in [6.07, 6.45) is 5.76. The van der Waals surface area contributed by atoms with Crippen molar-refractivity contribution in [3.05, 3.63) is 0 Å². The number of nitrogens with zero attached hydrogens (tertiary/aromatic N) is 1. The molecular weight excluding hydrogens is 393 g/mol. The second kappa shape index (κ2) is 14.5. The van der Waals surface area contributed by atoms with Crippen LogP contribution in [0.2, 0.25) is 0 Å². The second-order valence-corrected chi connectivity index (χ2v) is 5.83. The third-order valence-electron chi connectivity index (χ3n) is 3.68. The molecule has 1 unspecified atom stereocenters. The highest BCUT2D eigenvalue weighted by atomic mass is 127. The molecule has 0 bridgehead atoms. The summed E-state index contributed by atoms with van der Waals surface area (Å²) in [5.41, 5.74) is 0. The molecule has 6 heteroatoms. The highest BCUT2D eigenvalue weighted by Gasteiger charge is 2.20. The van der Waals surface area contributed by atoms with E-state index in [1.165, 1.54) is 12.8 Å². The van der Waals surface area contributed by atoms with Crippen LogP contribution >= 0.6 is 24.0 Å². The Balaban J connectivity index is 0.00000441. The largest absolute Gasteiger partial charge is 0.396 e. The van der Waals surface area contributed by atoms with Gasteiger partial charge in [0.15, 0.2) is 5.96 Å². The maximum absolute atomic E-state index is 9.09. The summed E-state index contributed by atoms with van der Waals surface area (Å²) in [5.74, 6) is 2.15. The average molecular weight is 427 g/mol. The second-order valence-electron chi connectivity index (χ2n) is 5.83. The Bertz CT molecular complexity index is 281. The first-order valence-electron chi connectivity index (χ1n) is 8.50. The smallest absolute Gasteiger partial charge is 0.191 e. The van der Waals surface area contributed by atoms with Gasteiger partial charge in [-0.3, -0.25) is 4.99 Å². The molecule has 22 heavy (non-hydrogen) atoms. The van der Waals surface area contributed by atoms with E-state index in [0.29, 0.717) is 5.92 Å². The molecule has 1 atom stereocenters. The normalized spacial score (nSPS) is 16.0. The zero-order valence-corrected chi connectivity index (χ0v) is 16.5. The van der Waals surface area contributed by atoms with Crippen LogP contribution < -0.4 is 10.6 Å². The fourth-order valence-corrected chi connectivity index (χ4v) is 2.26. The summed E-state index contributed by atoms with van der Waals surface area (Å²) in [6.45, 7) is 8.54. The first-order chi connectivity index (χ1) is 10.3. The predicted octanol–water partition coefficient (Wildman–Crippen LogP) is 2.38. The third-order valence-corrected chi connectivity index (χ3v) is 3.68. The van der Waals surface area contributed by atoms with Crippen molar-refractivity contribution in [2.45, 2.75) is 46.0 Å². The summed E-state index contributed by atoms with van der Waals surface area (Å²) in [4.78, 5) is 4.62. The molecule has 0 aromatic heterocycles. The summed E-state index contributed by atoms with van der Waals surface area (Å²) >= 11 is 0. The number of aliphatic hydroxyl groups is 1. The maximum Gasteiger partial charge on any atom is 0.191 e. The molecule has 1 saturated carbocycles. The number of nitrogens with one attached hydrogen (secondary N) is 2. The lowest BCUT2D eigenvalue weighted by Gasteiger charge is -2.15. The van der Waals surface area contributed by atoms with Crippen molar-refractivity contribution in [2.75, 3.05) is 39.5 Å². The number of halogens is 1. The number of aliphatic imine (C=N–C) groups is 1. The molecule has 0 aromatic carbocycles. The van der Waals surface area contributed by atoms with Gasteiger partial charge < -0.3 is 20.5 Å². The van der Waals surface area contributed by atoms with E-state index in [9.17, 15) is 0 Å². The van der Waals surface area contributed by atoms with Gasteiger partial charge in [0, 0.05) is 32.8 Å². The minimum atomic E-state index is 0. The number of ether oxygens (including phenoxy) is 1. The van der Waals surface area contributed by atoms with Crippen molar-refractivity contribution in [3.8, 4) is 0 Å². The van der Waals surface area contributed by atoms with E-state index in [2.05, 4.69) is 29.5 Å². The van der Waals surface area contributed by atoms with E-state index in [0.717, 1.165) is 64.0 Å². The van der Waals surface area contributed by atoms with Crippen LogP contribution in [-0.4, -0.2) is 50.5 Å². The van der Waals surface area contributed by atoms with Crippen LogP contribution in [0.1, 0.15) is 46.0 Å². The number of rotatable bonds is 12. The molecule has 0 heterocycles. The molecule has 132 valence electrons. The Morgan fingerprint density at radius 3 is 2.64 bits per heavy atom. The van der Waals surface area contributed by atoms with E-state index in [1.807, 2.05) is 0 Å². The SMILES string of the molecule is CCCC(CCO)CN=C(NCC)NCCOCC1CC1.I. The van der Waals surface area contributed by atoms with Crippen LogP contribution in [0.4, 0.5) is 0 Å². The van der Waals surface area contributed by atoms with Crippen molar-refractivity contribution >= 4 is 29.9 Å². The van der Waals surface area contributed by atoms with Gasteiger partial charge in [0.2, 0.25) is 0 Å². The molecule has 1 aliphatic rings. The molecule has 1 fully saturated rings. The fourth-order valence-electron chi connectivity index (χ4n) is 2.26. The molecule has 0 aromatic rings. The lowest BCUT2D eigenvalue weighted by molar-refractivity contribution is 0.129. The molecule has 0 aliphatic heterocycles. The average Bonchev–Trinajstić information content (AvgIpc) is 3.28. The van der Waals surface area contributed by atoms with Crippen LogP contribution in [0.15, 0.2) is 4.99 Å². The molecular formula is C16H34IN3O2. The summed E-state index contributed by atoms with van der Waals surface area (Å²) < 4.78 is 5.61. The van der Waals surface area contributed by atoms with E-state index in [4.69, 9.17) is 9.84 Å². The first-order valence-corrected chi connectivity index (χ1v) is 8.50. The van der Waals surface area contributed by atoms with Crippen molar-refractivity contribution in [3.63, 3.8) is 0 Å². The zero-order valence-electron chi connectivity index (χ0n) is 14.1. The lowest BCUT2D eigenvalue weighted by Crippen LogP contribution is -2.39. The number of aliphatic hydroxyl groups excluding tert-OH is 1. The first kappa shape index (κ1) is 21.9. The van der Waals surface area contributed by atoms with E-state index in [1.54, 1.807) is 0 Å². The van der Waals surface area contributed by atoms with Crippen molar-refractivity contribution < 1.29 is 9.84 Å². The lowest BCUT2D eigenvalue weighted by atomic mass is 10.0. The predicted molar refractivity (Wildman–Crippen MR) is 103 cm³/mol. The van der Waals surface area contributed by atoms with Crippen LogP contribution in [0, 0.1) is 11.8 Å². The number of hydrogen-bond donors (Lipinski definition) is 3. The topological polar surface area (TPSA) is 65.9 Å². The van der Waals surface area contributed by atoms with Crippen LogP contribution in [0.25, 0.3) is 0 Å². The minimum absolute atomic E-state index is 0. The highest BCUT2D eigenvalue weighted by molar-refractivity contribution is 14.0. The number of guanidine groups is 1. The Kier molecular flexibility index (Phi) is 14.5. The molecule has 3 N–H and O–H groups in total. The molecule has 0 radical (unpaired) electrons. The van der Waals surface area contributed by atoms with Crippen molar-refractivity contribution in [1.82, 2.24) is 10.6 Å². The Morgan fingerprint density at radius 1 is 1.27 bits per heavy atom. The minimum Gasteiger partial charge on any atom is -0.396 e. The third kappa shape index (κ3) is 11.5. The van der Waals surface area contributed by atoms with Gasteiger partial charge in [0.1, 0.15) is 0 Å². The van der Waals surface area contributed by atoms with Gasteiger partial charge in [0.05, 0.1) is 6.61 Å².